The van der Waals surface area contributed by atoms with E-state index < -0.39 is 0 Å². The molecule has 6 nitrogen and oxygen atoms in total. The predicted octanol–water partition coefficient (Wildman–Crippen LogP) is 2.96. The SMILES string of the molecule is CCCCCCCCNC(N)=NCC1CCCN(c2ncccn2)C1. The van der Waals surface area contributed by atoms with E-state index in [2.05, 4.69) is 32.1 Å². The van der Waals surface area contributed by atoms with Crippen molar-refractivity contribution in [3.05, 3.63) is 18.5 Å². The maximum atomic E-state index is 6.00. The Hall–Kier alpha value is -1.85. The molecular formula is C19H34N6. The Morgan fingerprint density at radius 2 is 2.00 bits per heavy atom. The quantitative estimate of drug-likeness (QED) is 0.387. The normalized spacial score (nSPS) is 18.4. The molecule has 0 bridgehead atoms. The average Bonchev–Trinajstić information content (AvgIpc) is 2.66. The number of aliphatic imine (C=N–C) groups is 1. The monoisotopic (exact) mass is 346 g/mol. The zero-order chi connectivity index (χ0) is 17.7. The van der Waals surface area contributed by atoms with E-state index in [1.165, 1.54) is 44.9 Å². The summed E-state index contributed by atoms with van der Waals surface area (Å²) in [5.41, 5.74) is 6.00. The van der Waals surface area contributed by atoms with Gasteiger partial charge in [0.15, 0.2) is 5.96 Å². The summed E-state index contributed by atoms with van der Waals surface area (Å²) in [5.74, 6) is 1.93. The minimum absolute atomic E-state index is 0.520. The lowest BCUT2D eigenvalue weighted by molar-refractivity contribution is 0.419. The molecule has 0 radical (unpaired) electrons. The van der Waals surface area contributed by atoms with Crippen molar-refractivity contribution in [3.63, 3.8) is 0 Å². The maximum absolute atomic E-state index is 6.00. The van der Waals surface area contributed by atoms with Crippen molar-refractivity contribution < 1.29 is 0 Å². The summed E-state index contributed by atoms with van der Waals surface area (Å²) in [7, 11) is 0. The largest absolute Gasteiger partial charge is 0.370 e. The van der Waals surface area contributed by atoms with Crippen LogP contribution >= 0.6 is 0 Å². The van der Waals surface area contributed by atoms with Crippen molar-refractivity contribution in [1.82, 2.24) is 15.3 Å². The van der Waals surface area contributed by atoms with Gasteiger partial charge in [0.05, 0.1) is 0 Å². The maximum Gasteiger partial charge on any atom is 0.225 e. The summed E-state index contributed by atoms with van der Waals surface area (Å²) >= 11 is 0. The fraction of sp³-hybridized carbons (Fsp3) is 0.737. The number of guanidine groups is 1. The van der Waals surface area contributed by atoms with Gasteiger partial charge in [0.2, 0.25) is 5.95 Å². The molecule has 1 saturated heterocycles. The number of rotatable bonds is 10. The van der Waals surface area contributed by atoms with E-state index in [0.29, 0.717) is 11.9 Å². The molecule has 2 rings (SSSR count). The van der Waals surface area contributed by atoms with Crippen LogP contribution in [0.2, 0.25) is 0 Å². The first-order chi connectivity index (χ1) is 12.3. The van der Waals surface area contributed by atoms with Gasteiger partial charge in [-0.05, 0) is 31.2 Å². The van der Waals surface area contributed by atoms with Gasteiger partial charge in [0.1, 0.15) is 0 Å². The zero-order valence-electron chi connectivity index (χ0n) is 15.7. The Morgan fingerprint density at radius 1 is 1.24 bits per heavy atom. The minimum atomic E-state index is 0.520. The van der Waals surface area contributed by atoms with Crippen LogP contribution in [0.15, 0.2) is 23.5 Å². The molecule has 3 N–H and O–H groups in total. The first-order valence-electron chi connectivity index (χ1n) is 9.85. The number of hydrogen-bond acceptors (Lipinski definition) is 4. The average molecular weight is 347 g/mol. The standard InChI is InChI=1S/C19H34N6/c1-2-3-4-5-6-7-11-21-18(20)24-15-17-10-8-14-25(16-17)19-22-12-9-13-23-19/h9,12-13,17H,2-8,10-11,14-16H2,1H3,(H3,20,21,24). The first-order valence-corrected chi connectivity index (χ1v) is 9.85. The topological polar surface area (TPSA) is 79.4 Å². The van der Waals surface area contributed by atoms with Gasteiger partial charge in [-0.1, -0.05) is 39.0 Å². The molecular weight excluding hydrogens is 312 g/mol. The summed E-state index contributed by atoms with van der Waals surface area (Å²) < 4.78 is 0. The Labute approximate surface area is 152 Å². The molecule has 0 amide bonds. The Kier molecular flexibility index (Phi) is 9.08. The molecule has 25 heavy (non-hydrogen) atoms. The summed E-state index contributed by atoms with van der Waals surface area (Å²) in [6, 6.07) is 1.85. The fourth-order valence-electron chi connectivity index (χ4n) is 3.26. The van der Waals surface area contributed by atoms with Crippen molar-refractivity contribution >= 4 is 11.9 Å². The van der Waals surface area contributed by atoms with Crippen LogP contribution in [0.3, 0.4) is 0 Å². The number of unbranched alkanes of at least 4 members (excludes halogenated alkanes) is 5. The van der Waals surface area contributed by atoms with Gasteiger partial charge >= 0.3 is 0 Å². The van der Waals surface area contributed by atoms with Gasteiger partial charge < -0.3 is 16.0 Å². The summed E-state index contributed by atoms with van der Waals surface area (Å²) in [6.45, 7) is 5.93. The van der Waals surface area contributed by atoms with E-state index in [-0.39, 0.29) is 0 Å². The second-order valence-electron chi connectivity index (χ2n) is 6.92. The predicted molar refractivity (Wildman–Crippen MR) is 105 cm³/mol. The second-order valence-corrected chi connectivity index (χ2v) is 6.92. The zero-order valence-corrected chi connectivity index (χ0v) is 15.7. The van der Waals surface area contributed by atoms with Crippen LogP contribution in [-0.4, -0.2) is 42.1 Å². The summed E-state index contributed by atoms with van der Waals surface area (Å²) in [6.07, 6.45) is 13.7. The highest BCUT2D eigenvalue weighted by Crippen LogP contribution is 2.20. The van der Waals surface area contributed by atoms with Crippen molar-refractivity contribution in [3.8, 4) is 0 Å². The summed E-state index contributed by atoms with van der Waals surface area (Å²) in [4.78, 5) is 15.5. The highest BCUT2D eigenvalue weighted by molar-refractivity contribution is 5.77. The lowest BCUT2D eigenvalue weighted by Crippen LogP contribution is -2.38. The van der Waals surface area contributed by atoms with Crippen LogP contribution < -0.4 is 16.0 Å². The van der Waals surface area contributed by atoms with Crippen molar-refractivity contribution in [1.29, 1.82) is 0 Å². The molecule has 1 aliphatic heterocycles. The molecule has 0 aliphatic carbocycles. The molecule has 0 saturated carbocycles. The highest BCUT2D eigenvalue weighted by atomic mass is 15.3. The number of hydrogen-bond donors (Lipinski definition) is 2. The van der Waals surface area contributed by atoms with Crippen molar-refractivity contribution in [2.45, 2.75) is 58.3 Å². The molecule has 1 aromatic rings. The van der Waals surface area contributed by atoms with Crippen LogP contribution in [0.5, 0.6) is 0 Å². The Bertz CT molecular complexity index is 490. The van der Waals surface area contributed by atoms with Crippen LogP contribution in [0.25, 0.3) is 0 Å². The Morgan fingerprint density at radius 3 is 2.80 bits per heavy atom. The van der Waals surface area contributed by atoms with Crippen LogP contribution in [0, 0.1) is 5.92 Å². The number of nitrogens with two attached hydrogens (primary N) is 1. The van der Waals surface area contributed by atoms with E-state index in [4.69, 9.17) is 5.73 Å². The third-order valence-corrected chi connectivity index (χ3v) is 4.71. The molecule has 1 aliphatic rings. The molecule has 1 unspecified atom stereocenters. The van der Waals surface area contributed by atoms with Crippen molar-refractivity contribution in [2.24, 2.45) is 16.6 Å². The van der Waals surface area contributed by atoms with E-state index in [9.17, 15) is 0 Å². The second kappa shape index (κ2) is 11.7. The van der Waals surface area contributed by atoms with Gasteiger partial charge in [-0.3, -0.25) is 4.99 Å². The van der Waals surface area contributed by atoms with Crippen LogP contribution in [0.4, 0.5) is 5.95 Å². The molecule has 1 atom stereocenters. The first kappa shape index (κ1) is 19.5. The van der Waals surface area contributed by atoms with Crippen LogP contribution in [0.1, 0.15) is 58.3 Å². The smallest absolute Gasteiger partial charge is 0.225 e. The Balaban J connectivity index is 1.63. The third kappa shape index (κ3) is 7.71. The lowest BCUT2D eigenvalue weighted by Gasteiger charge is -2.31. The molecule has 2 heterocycles. The lowest BCUT2D eigenvalue weighted by atomic mass is 9.98. The van der Waals surface area contributed by atoms with E-state index >= 15 is 0 Å². The number of piperidine rings is 1. The third-order valence-electron chi connectivity index (χ3n) is 4.71. The number of nitrogens with one attached hydrogen (secondary N) is 1. The number of nitrogens with zero attached hydrogens (tertiary/aromatic N) is 4. The van der Waals surface area contributed by atoms with Gasteiger partial charge in [0, 0.05) is 38.6 Å². The highest BCUT2D eigenvalue weighted by Gasteiger charge is 2.21. The van der Waals surface area contributed by atoms with E-state index in [1.807, 2.05) is 6.07 Å². The fourth-order valence-corrected chi connectivity index (χ4v) is 3.26. The van der Waals surface area contributed by atoms with Gasteiger partial charge in [0.25, 0.3) is 0 Å². The van der Waals surface area contributed by atoms with Crippen molar-refractivity contribution in [2.75, 3.05) is 31.1 Å². The van der Waals surface area contributed by atoms with Gasteiger partial charge in [-0.2, -0.15) is 0 Å². The molecule has 1 aromatic heterocycles. The molecule has 1 fully saturated rings. The van der Waals surface area contributed by atoms with Crippen LogP contribution in [-0.2, 0) is 0 Å². The number of anilines is 1. The summed E-state index contributed by atoms with van der Waals surface area (Å²) in [5, 5.41) is 3.25. The van der Waals surface area contributed by atoms with E-state index in [1.54, 1.807) is 12.4 Å². The van der Waals surface area contributed by atoms with E-state index in [0.717, 1.165) is 38.5 Å². The molecule has 140 valence electrons. The van der Waals surface area contributed by atoms with Gasteiger partial charge in [-0.15, -0.1) is 0 Å². The minimum Gasteiger partial charge on any atom is -0.370 e. The van der Waals surface area contributed by atoms with Gasteiger partial charge in [-0.25, -0.2) is 9.97 Å². The molecule has 0 spiro atoms. The number of aromatic nitrogens is 2. The molecule has 0 aromatic carbocycles. The molecule has 6 heteroatoms.